The normalized spacial score (nSPS) is 14.1. The topological polar surface area (TPSA) is 107 Å². The molecule has 8 nitrogen and oxygen atoms in total. The van der Waals surface area contributed by atoms with Gasteiger partial charge >= 0.3 is 6.18 Å². The number of aromatic nitrogens is 2. The molecule has 0 unspecified atom stereocenters. The lowest BCUT2D eigenvalue weighted by Crippen LogP contribution is -2.36. The first-order valence-electron chi connectivity index (χ1n) is 10.0. The van der Waals surface area contributed by atoms with Crippen molar-refractivity contribution in [2.75, 3.05) is 18.9 Å². The summed E-state index contributed by atoms with van der Waals surface area (Å²) in [7, 11) is -2.57. The third-order valence-electron chi connectivity index (χ3n) is 5.38. The Morgan fingerprint density at radius 1 is 1.12 bits per heavy atom. The van der Waals surface area contributed by atoms with Crippen LogP contribution in [0.2, 0.25) is 0 Å². The molecule has 180 valence electrons. The second-order valence-electron chi connectivity index (χ2n) is 7.59. The minimum Gasteiger partial charge on any atom is -0.355 e. The summed E-state index contributed by atoms with van der Waals surface area (Å²) in [6.07, 6.45) is -3.11. The molecule has 0 aliphatic carbocycles. The van der Waals surface area contributed by atoms with Crippen LogP contribution in [0.1, 0.15) is 27.2 Å². The van der Waals surface area contributed by atoms with E-state index >= 15 is 0 Å². The molecule has 0 radical (unpaired) electrons. The maximum atomic E-state index is 13.8. The highest BCUT2D eigenvalue weighted by molar-refractivity contribution is 7.89. The van der Waals surface area contributed by atoms with Crippen LogP contribution in [-0.2, 0) is 29.2 Å². The average molecular weight is 497 g/mol. The molecule has 0 atom stereocenters. The number of rotatable bonds is 5. The molecule has 13 heteroatoms. The van der Waals surface area contributed by atoms with Crippen LogP contribution in [0.5, 0.6) is 0 Å². The summed E-state index contributed by atoms with van der Waals surface area (Å²) < 4.78 is 77.8. The zero-order chi connectivity index (χ0) is 24.7. The first-order valence-corrected chi connectivity index (χ1v) is 11.5. The Labute approximate surface area is 192 Å². The van der Waals surface area contributed by atoms with Gasteiger partial charge in [-0.1, -0.05) is 6.07 Å². The summed E-state index contributed by atoms with van der Waals surface area (Å²) in [5.41, 5.74) is 1.22. The van der Waals surface area contributed by atoms with Crippen molar-refractivity contribution in [3.8, 4) is 0 Å². The van der Waals surface area contributed by atoms with Crippen molar-refractivity contribution in [3.63, 3.8) is 0 Å². The SMILES string of the molecule is CNS(=O)(=O)c1ncc(C(=O)N2CCc3cc(Nc4ccc(C(F)(F)F)c(F)c4)ccc3C2)[nH]1. The Morgan fingerprint density at radius 2 is 1.82 bits per heavy atom. The van der Waals surface area contributed by atoms with Gasteiger partial charge in [0.1, 0.15) is 11.5 Å². The smallest absolute Gasteiger partial charge is 0.355 e. The highest BCUT2D eigenvalue weighted by atomic mass is 32.2. The van der Waals surface area contributed by atoms with E-state index in [9.17, 15) is 30.8 Å². The zero-order valence-corrected chi connectivity index (χ0v) is 18.5. The number of nitrogens with zero attached hydrogens (tertiary/aromatic N) is 2. The van der Waals surface area contributed by atoms with Crippen molar-refractivity contribution >= 4 is 27.3 Å². The minimum atomic E-state index is -4.77. The van der Waals surface area contributed by atoms with Gasteiger partial charge in [-0.2, -0.15) is 13.2 Å². The lowest BCUT2D eigenvalue weighted by molar-refractivity contribution is -0.139. The fraction of sp³-hybridized carbons (Fsp3) is 0.238. The van der Waals surface area contributed by atoms with Crippen LogP contribution in [0.4, 0.5) is 28.9 Å². The van der Waals surface area contributed by atoms with E-state index in [0.29, 0.717) is 24.7 Å². The highest BCUT2D eigenvalue weighted by Gasteiger charge is 2.34. The van der Waals surface area contributed by atoms with Crippen LogP contribution in [0.3, 0.4) is 0 Å². The van der Waals surface area contributed by atoms with Gasteiger partial charge in [0.15, 0.2) is 0 Å². The average Bonchev–Trinajstić information content (AvgIpc) is 3.29. The van der Waals surface area contributed by atoms with Crippen molar-refractivity contribution in [2.45, 2.75) is 24.3 Å². The number of fused-ring (bicyclic) bond motifs is 1. The lowest BCUT2D eigenvalue weighted by Gasteiger charge is -2.29. The van der Waals surface area contributed by atoms with Crippen molar-refractivity contribution in [1.29, 1.82) is 0 Å². The number of carbonyl (C=O) groups excluding carboxylic acids is 1. The molecule has 3 N–H and O–H groups in total. The second kappa shape index (κ2) is 8.72. The Bertz CT molecular complexity index is 1350. The molecule has 2 heterocycles. The third-order valence-corrected chi connectivity index (χ3v) is 6.63. The van der Waals surface area contributed by atoms with Gasteiger partial charge in [0.2, 0.25) is 5.16 Å². The lowest BCUT2D eigenvalue weighted by atomic mass is 9.98. The van der Waals surface area contributed by atoms with E-state index in [-0.39, 0.29) is 23.1 Å². The first-order chi connectivity index (χ1) is 16.0. The highest BCUT2D eigenvalue weighted by Crippen LogP contribution is 2.33. The molecule has 2 aromatic carbocycles. The molecular formula is C21H19F4N5O3S. The number of H-pyrrole nitrogens is 1. The van der Waals surface area contributed by atoms with E-state index in [0.717, 1.165) is 29.5 Å². The van der Waals surface area contributed by atoms with Crippen LogP contribution in [0.15, 0.2) is 47.8 Å². The van der Waals surface area contributed by atoms with E-state index < -0.39 is 33.5 Å². The summed E-state index contributed by atoms with van der Waals surface area (Å²) in [6, 6.07) is 7.86. The van der Waals surface area contributed by atoms with Crippen molar-refractivity contribution in [3.05, 3.63) is 70.8 Å². The van der Waals surface area contributed by atoms with Gasteiger partial charge in [-0.3, -0.25) is 4.79 Å². The maximum absolute atomic E-state index is 13.8. The number of hydrogen-bond acceptors (Lipinski definition) is 5. The molecule has 1 amide bonds. The molecule has 3 aromatic rings. The molecule has 1 aliphatic heterocycles. The molecule has 0 fully saturated rings. The van der Waals surface area contributed by atoms with Gasteiger partial charge in [0, 0.05) is 24.5 Å². The quantitative estimate of drug-likeness (QED) is 0.469. The van der Waals surface area contributed by atoms with Gasteiger partial charge < -0.3 is 15.2 Å². The molecule has 4 rings (SSSR count). The Kier molecular flexibility index (Phi) is 6.08. The van der Waals surface area contributed by atoms with Gasteiger partial charge in [-0.25, -0.2) is 22.5 Å². The van der Waals surface area contributed by atoms with Crippen molar-refractivity contribution < 1.29 is 30.8 Å². The number of halogens is 4. The Balaban J connectivity index is 1.47. The summed E-state index contributed by atoms with van der Waals surface area (Å²) in [6.45, 7) is 0.633. The van der Waals surface area contributed by atoms with E-state index in [1.54, 1.807) is 23.1 Å². The number of aromatic amines is 1. The van der Waals surface area contributed by atoms with Crippen LogP contribution < -0.4 is 10.0 Å². The number of hydrogen-bond donors (Lipinski definition) is 3. The fourth-order valence-electron chi connectivity index (χ4n) is 3.61. The predicted octanol–water partition coefficient (Wildman–Crippen LogP) is 3.42. The second-order valence-corrected chi connectivity index (χ2v) is 9.39. The Hall–Kier alpha value is -3.45. The molecule has 1 aromatic heterocycles. The number of amides is 1. The molecule has 0 bridgehead atoms. The van der Waals surface area contributed by atoms with E-state index in [2.05, 4.69) is 20.0 Å². The van der Waals surface area contributed by atoms with Crippen LogP contribution in [0, 0.1) is 5.82 Å². The predicted molar refractivity (Wildman–Crippen MR) is 114 cm³/mol. The summed E-state index contributed by atoms with van der Waals surface area (Å²) in [5, 5.41) is 2.54. The van der Waals surface area contributed by atoms with Crippen LogP contribution in [-0.4, -0.2) is 42.8 Å². The Morgan fingerprint density at radius 3 is 2.50 bits per heavy atom. The fourth-order valence-corrected chi connectivity index (χ4v) is 4.24. The standard InChI is InChI=1S/C21H19F4N5O3S/c1-26-34(32,33)20-27-10-18(29-20)19(31)30-7-6-12-8-14(3-2-13(12)11-30)28-15-4-5-16(17(22)9-15)21(23,24)25/h2-5,8-10,26,28H,6-7,11H2,1H3,(H,27,29). The summed E-state index contributed by atoms with van der Waals surface area (Å²) in [4.78, 5) is 20.6. The first kappa shape index (κ1) is 23.7. The molecule has 34 heavy (non-hydrogen) atoms. The van der Waals surface area contributed by atoms with Crippen LogP contribution >= 0.6 is 0 Å². The molecule has 0 saturated heterocycles. The number of carbonyl (C=O) groups is 1. The molecule has 0 spiro atoms. The number of anilines is 2. The van der Waals surface area contributed by atoms with Gasteiger partial charge in [-0.15, -0.1) is 0 Å². The van der Waals surface area contributed by atoms with Gasteiger partial charge in [0.25, 0.3) is 15.9 Å². The van der Waals surface area contributed by atoms with Gasteiger partial charge in [-0.05, 0) is 54.9 Å². The van der Waals surface area contributed by atoms with Crippen LogP contribution in [0.25, 0.3) is 0 Å². The molecular weight excluding hydrogens is 478 g/mol. The van der Waals surface area contributed by atoms with Crippen molar-refractivity contribution in [2.24, 2.45) is 0 Å². The number of imidazole rings is 1. The largest absolute Gasteiger partial charge is 0.419 e. The monoisotopic (exact) mass is 497 g/mol. The van der Waals surface area contributed by atoms with Gasteiger partial charge in [0.05, 0.1) is 11.8 Å². The molecule has 1 aliphatic rings. The van der Waals surface area contributed by atoms with E-state index in [1.807, 2.05) is 0 Å². The number of nitrogens with one attached hydrogen (secondary N) is 3. The number of benzene rings is 2. The van der Waals surface area contributed by atoms with E-state index in [1.165, 1.54) is 7.05 Å². The number of sulfonamides is 1. The summed E-state index contributed by atoms with van der Waals surface area (Å²) >= 11 is 0. The number of alkyl halides is 3. The zero-order valence-electron chi connectivity index (χ0n) is 17.7. The summed E-state index contributed by atoms with van der Waals surface area (Å²) in [5.74, 6) is -1.77. The molecule has 0 saturated carbocycles. The van der Waals surface area contributed by atoms with E-state index in [4.69, 9.17) is 0 Å². The van der Waals surface area contributed by atoms with Crippen molar-refractivity contribution in [1.82, 2.24) is 19.6 Å². The minimum absolute atomic E-state index is 0.0416. The maximum Gasteiger partial charge on any atom is 0.419 e. The third kappa shape index (κ3) is 4.75.